The molecule has 0 aliphatic carbocycles. The molecule has 0 aliphatic heterocycles. The molecule has 0 heterocycles. The van der Waals surface area contributed by atoms with Gasteiger partial charge in [-0.05, 0) is 72.3 Å². The van der Waals surface area contributed by atoms with E-state index < -0.39 is 29.2 Å². The number of esters is 1. The molecule has 7 nitrogen and oxygen atoms in total. The van der Waals surface area contributed by atoms with Crippen LogP contribution in [0, 0.1) is 0 Å². The van der Waals surface area contributed by atoms with Crippen LogP contribution in [-0.2, 0) is 19.1 Å². The van der Waals surface area contributed by atoms with Crippen molar-refractivity contribution in [1.82, 2.24) is 5.32 Å². The van der Waals surface area contributed by atoms with Gasteiger partial charge >= 0.3 is 12.1 Å². The van der Waals surface area contributed by atoms with Crippen molar-refractivity contribution in [1.29, 1.82) is 0 Å². The van der Waals surface area contributed by atoms with E-state index in [4.69, 9.17) is 15.2 Å². The van der Waals surface area contributed by atoms with Crippen LogP contribution in [0.15, 0.2) is 0 Å². The Balaban J connectivity index is 3.93. The van der Waals surface area contributed by atoms with Gasteiger partial charge in [-0.2, -0.15) is 11.8 Å². The maximum absolute atomic E-state index is 11.7. The molecule has 1 atom stereocenters. The highest BCUT2D eigenvalue weighted by atomic mass is 32.2. The first-order valence-electron chi connectivity index (χ1n) is 8.88. The molecule has 2 amide bonds. The van der Waals surface area contributed by atoms with Crippen LogP contribution in [0.2, 0.25) is 0 Å². The number of rotatable bonds is 10. The lowest BCUT2D eigenvalue weighted by Gasteiger charge is -2.22. The van der Waals surface area contributed by atoms with Crippen LogP contribution in [0.1, 0.15) is 67.2 Å². The van der Waals surface area contributed by atoms with Crippen molar-refractivity contribution in [2.75, 3.05) is 11.5 Å². The minimum atomic E-state index is -0.751. The largest absolute Gasteiger partial charge is 0.460 e. The summed E-state index contributed by atoms with van der Waals surface area (Å²) in [4.78, 5) is 34.7. The Labute approximate surface area is 161 Å². The third-order valence-electron chi connectivity index (χ3n) is 2.92. The van der Waals surface area contributed by atoms with Crippen molar-refractivity contribution < 1.29 is 23.9 Å². The lowest BCUT2D eigenvalue weighted by Crippen LogP contribution is -2.46. The van der Waals surface area contributed by atoms with Gasteiger partial charge in [-0.3, -0.25) is 9.59 Å². The van der Waals surface area contributed by atoms with E-state index in [-0.39, 0.29) is 5.97 Å². The Kier molecular flexibility index (Phi) is 10.7. The number of unbranched alkanes of at least 4 members (excludes halogenated alkanes) is 1. The predicted molar refractivity (Wildman–Crippen MR) is 104 cm³/mol. The lowest BCUT2D eigenvalue weighted by atomic mass is 10.2. The summed E-state index contributed by atoms with van der Waals surface area (Å²) in [6.07, 6.45) is 1.83. The molecule has 0 bridgehead atoms. The fourth-order valence-corrected chi connectivity index (χ4v) is 2.92. The Hall–Kier alpha value is -1.44. The van der Waals surface area contributed by atoms with E-state index in [1.807, 2.05) is 20.8 Å². The van der Waals surface area contributed by atoms with E-state index >= 15 is 0 Å². The number of nitrogens with one attached hydrogen (secondary N) is 1. The van der Waals surface area contributed by atoms with Crippen LogP contribution in [0.5, 0.6) is 0 Å². The van der Waals surface area contributed by atoms with Gasteiger partial charge in [-0.25, -0.2) is 4.79 Å². The van der Waals surface area contributed by atoms with Crippen molar-refractivity contribution in [2.24, 2.45) is 5.73 Å². The minimum Gasteiger partial charge on any atom is -0.460 e. The smallest absolute Gasteiger partial charge is 0.408 e. The number of carbonyl (C=O) groups is 3. The minimum absolute atomic E-state index is 0.183. The van der Waals surface area contributed by atoms with Crippen LogP contribution >= 0.6 is 11.8 Å². The summed E-state index contributed by atoms with van der Waals surface area (Å²) in [5.41, 5.74) is 4.25. The first-order valence-corrected chi connectivity index (χ1v) is 10.0. The Morgan fingerprint density at radius 3 is 2.04 bits per heavy atom. The van der Waals surface area contributed by atoms with E-state index in [9.17, 15) is 14.4 Å². The molecule has 152 valence electrons. The average molecular weight is 391 g/mol. The van der Waals surface area contributed by atoms with E-state index in [0.29, 0.717) is 18.6 Å². The highest BCUT2D eigenvalue weighted by Gasteiger charge is 2.22. The van der Waals surface area contributed by atoms with Crippen LogP contribution in [-0.4, -0.2) is 46.7 Å². The van der Waals surface area contributed by atoms with E-state index in [0.717, 1.165) is 18.6 Å². The first kappa shape index (κ1) is 24.6. The molecule has 1 unspecified atom stereocenters. The SMILES string of the molecule is CC(C)(C)OC(=O)CCCCSCCC(NC(=O)OC(C)(C)C)C(N)=O. The van der Waals surface area contributed by atoms with Crippen molar-refractivity contribution in [2.45, 2.75) is 84.5 Å². The van der Waals surface area contributed by atoms with Gasteiger partial charge in [0.15, 0.2) is 0 Å². The second-order valence-electron chi connectivity index (χ2n) is 8.05. The lowest BCUT2D eigenvalue weighted by molar-refractivity contribution is -0.154. The summed E-state index contributed by atoms with van der Waals surface area (Å²) in [6, 6.07) is -0.751. The number of carbonyl (C=O) groups excluding carboxylic acids is 3. The molecule has 0 fully saturated rings. The number of primary amides is 1. The van der Waals surface area contributed by atoms with Gasteiger partial charge in [0.25, 0.3) is 0 Å². The van der Waals surface area contributed by atoms with E-state index in [1.54, 1.807) is 32.5 Å². The zero-order valence-electron chi connectivity index (χ0n) is 16.8. The number of alkyl carbamates (subject to hydrolysis) is 1. The Morgan fingerprint density at radius 1 is 0.962 bits per heavy atom. The number of nitrogens with two attached hydrogens (primary N) is 1. The number of thioether (sulfide) groups is 1. The van der Waals surface area contributed by atoms with Crippen molar-refractivity contribution >= 4 is 29.7 Å². The molecule has 0 radical (unpaired) electrons. The molecule has 0 rings (SSSR count). The molecule has 3 N–H and O–H groups in total. The Bertz CT molecular complexity index is 469. The van der Waals surface area contributed by atoms with Crippen molar-refractivity contribution in [3.05, 3.63) is 0 Å². The van der Waals surface area contributed by atoms with Gasteiger partial charge in [0.2, 0.25) is 5.91 Å². The number of hydrogen-bond acceptors (Lipinski definition) is 6. The van der Waals surface area contributed by atoms with Gasteiger partial charge in [0, 0.05) is 6.42 Å². The van der Waals surface area contributed by atoms with E-state index in [1.165, 1.54) is 0 Å². The van der Waals surface area contributed by atoms with Crippen LogP contribution < -0.4 is 11.1 Å². The monoisotopic (exact) mass is 390 g/mol. The molecule has 26 heavy (non-hydrogen) atoms. The quantitative estimate of drug-likeness (QED) is 0.438. The van der Waals surface area contributed by atoms with Gasteiger partial charge in [0.1, 0.15) is 17.2 Å². The molecule has 0 aromatic rings. The van der Waals surface area contributed by atoms with Crippen LogP contribution in [0.4, 0.5) is 4.79 Å². The molecule has 0 saturated carbocycles. The first-order chi connectivity index (χ1) is 11.8. The molecular weight excluding hydrogens is 356 g/mol. The van der Waals surface area contributed by atoms with Crippen LogP contribution in [0.3, 0.4) is 0 Å². The maximum atomic E-state index is 11.7. The molecular formula is C18H34N2O5S. The maximum Gasteiger partial charge on any atom is 0.408 e. The number of hydrogen-bond donors (Lipinski definition) is 2. The summed E-state index contributed by atoms with van der Waals surface area (Å²) in [5, 5.41) is 2.50. The van der Waals surface area contributed by atoms with Crippen molar-refractivity contribution in [3.63, 3.8) is 0 Å². The number of amides is 2. The van der Waals surface area contributed by atoms with Crippen molar-refractivity contribution in [3.8, 4) is 0 Å². The summed E-state index contributed by atoms with van der Waals surface area (Å²) in [5.74, 6) is 0.774. The van der Waals surface area contributed by atoms with Crippen LogP contribution in [0.25, 0.3) is 0 Å². The van der Waals surface area contributed by atoms with E-state index in [2.05, 4.69) is 5.32 Å². The van der Waals surface area contributed by atoms with Gasteiger partial charge in [-0.15, -0.1) is 0 Å². The molecule has 0 aliphatic rings. The third-order valence-corrected chi connectivity index (χ3v) is 4.03. The molecule has 0 aromatic heterocycles. The topological polar surface area (TPSA) is 108 Å². The fraction of sp³-hybridized carbons (Fsp3) is 0.833. The van der Waals surface area contributed by atoms with Gasteiger partial charge in [-0.1, -0.05) is 0 Å². The molecule has 0 spiro atoms. The standard InChI is InChI=1S/C18H34N2O5S/c1-17(2,3)24-14(21)9-7-8-11-26-12-10-13(15(19)22)20-16(23)25-18(4,5)6/h13H,7-12H2,1-6H3,(H2,19,22)(H,20,23). The second kappa shape index (κ2) is 11.3. The second-order valence-corrected chi connectivity index (χ2v) is 9.27. The summed E-state index contributed by atoms with van der Waals surface area (Å²) < 4.78 is 10.4. The summed E-state index contributed by atoms with van der Waals surface area (Å²) in [7, 11) is 0. The highest BCUT2D eigenvalue weighted by molar-refractivity contribution is 7.99. The zero-order valence-corrected chi connectivity index (χ0v) is 17.7. The number of ether oxygens (including phenoxy) is 2. The van der Waals surface area contributed by atoms with Gasteiger partial charge in [0.05, 0.1) is 0 Å². The summed E-state index contributed by atoms with van der Waals surface area (Å²) >= 11 is 1.65. The summed E-state index contributed by atoms with van der Waals surface area (Å²) in [6.45, 7) is 10.8. The third kappa shape index (κ3) is 14.9. The normalized spacial score (nSPS) is 13.0. The molecule has 8 heteroatoms. The predicted octanol–water partition coefficient (Wildman–Crippen LogP) is 3.00. The molecule has 0 aromatic carbocycles. The highest BCUT2D eigenvalue weighted by Crippen LogP contribution is 2.13. The zero-order chi connectivity index (χ0) is 20.4. The fourth-order valence-electron chi connectivity index (χ4n) is 1.90. The molecule has 0 saturated heterocycles. The average Bonchev–Trinajstić information content (AvgIpc) is 2.40. The Morgan fingerprint density at radius 2 is 1.54 bits per heavy atom. The van der Waals surface area contributed by atoms with Gasteiger partial charge < -0.3 is 20.5 Å².